The lowest BCUT2D eigenvalue weighted by Gasteiger charge is -2.41. The highest BCUT2D eigenvalue weighted by atomic mass is 16.6. The van der Waals surface area contributed by atoms with Gasteiger partial charge in [-0.05, 0) is 63.1 Å². The first kappa shape index (κ1) is 20.9. The van der Waals surface area contributed by atoms with E-state index in [0.717, 1.165) is 12.0 Å². The van der Waals surface area contributed by atoms with Gasteiger partial charge in [0.25, 0.3) is 0 Å². The smallest absolute Gasteiger partial charge is 0.408 e. The number of carbonyl (C=O) groups is 1. The van der Waals surface area contributed by atoms with Gasteiger partial charge in [-0.3, -0.25) is 4.98 Å². The first-order valence-electron chi connectivity index (χ1n) is 9.99. The summed E-state index contributed by atoms with van der Waals surface area (Å²) < 4.78 is 11.7. The van der Waals surface area contributed by atoms with E-state index < -0.39 is 11.7 Å². The van der Waals surface area contributed by atoms with Gasteiger partial charge >= 0.3 is 6.09 Å². The topological polar surface area (TPSA) is 99.4 Å². The first-order chi connectivity index (χ1) is 13.7. The maximum Gasteiger partial charge on any atom is 0.408 e. The largest absolute Gasteiger partial charge is 0.472 e. The first-order valence-corrected chi connectivity index (χ1v) is 9.99. The number of nitrogens with one attached hydrogen (secondary N) is 1. The Kier molecular flexibility index (Phi) is 6.25. The summed E-state index contributed by atoms with van der Waals surface area (Å²) in [7, 11) is 0. The van der Waals surface area contributed by atoms with E-state index in [-0.39, 0.29) is 24.0 Å². The number of nitrogens with zero attached hydrogens (tertiary/aromatic N) is 2. The number of rotatable bonds is 4. The summed E-state index contributed by atoms with van der Waals surface area (Å²) in [6, 6.07) is 7.26. The van der Waals surface area contributed by atoms with Crippen molar-refractivity contribution in [2.75, 3.05) is 5.73 Å². The molecule has 29 heavy (non-hydrogen) atoms. The van der Waals surface area contributed by atoms with Crippen LogP contribution in [0.2, 0.25) is 0 Å². The van der Waals surface area contributed by atoms with Gasteiger partial charge in [0.05, 0.1) is 17.9 Å². The molecule has 2 heterocycles. The van der Waals surface area contributed by atoms with Crippen molar-refractivity contribution in [2.45, 2.75) is 64.2 Å². The normalized spacial score (nSPS) is 24.6. The molecule has 3 rings (SSSR count). The molecular weight excluding hydrogens is 368 g/mol. The molecule has 7 heteroatoms. The molecule has 1 fully saturated rings. The highest BCUT2D eigenvalue weighted by Crippen LogP contribution is 2.39. The lowest BCUT2D eigenvalue weighted by atomic mass is 9.74. The van der Waals surface area contributed by atoms with Crippen LogP contribution in [0.4, 0.5) is 10.5 Å². The molecule has 1 aliphatic rings. The molecule has 4 unspecified atom stereocenters. The number of pyridine rings is 2. The summed E-state index contributed by atoms with van der Waals surface area (Å²) in [5.74, 6) is 0.905. The molecule has 0 radical (unpaired) electrons. The SMILES string of the molecule is CC1CC(c2ccncc2N)CC(NC(=O)OC(C)(C)C)C1Oc1ccccn1. The predicted octanol–water partition coefficient (Wildman–Crippen LogP) is 3.91. The zero-order valence-electron chi connectivity index (χ0n) is 17.5. The standard InChI is InChI=1S/C22H30N4O3/c1-14-11-15(16-8-10-24-13-17(16)23)12-18(26-21(27)29-22(2,3)4)20(14)28-19-7-5-6-9-25-19/h5-10,13-15,18,20H,11-12,23H2,1-4H3,(H,26,27). The third kappa shape index (κ3) is 5.59. The van der Waals surface area contributed by atoms with E-state index in [1.165, 1.54) is 0 Å². The molecular formula is C22H30N4O3. The van der Waals surface area contributed by atoms with Gasteiger partial charge in [-0.1, -0.05) is 13.0 Å². The maximum atomic E-state index is 12.5. The number of aromatic nitrogens is 2. The van der Waals surface area contributed by atoms with E-state index in [0.29, 0.717) is 18.0 Å². The van der Waals surface area contributed by atoms with Gasteiger partial charge < -0.3 is 20.5 Å². The molecule has 1 saturated carbocycles. The number of anilines is 1. The molecule has 4 atom stereocenters. The lowest BCUT2D eigenvalue weighted by Crippen LogP contribution is -2.53. The van der Waals surface area contributed by atoms with Gasteiger partial charge in [0.2, 0.25) is 5.88 Å². The highest BCUT2D eigenvalue weighted by molar-refractivity contribution is 5.68. The third-order valence-corrected chi connectivity index (χ3v) is 5.08. The Hall–Kier alpha value is -2.83. The zero-order valence-corrected chi connectivity index (χ0v) is 17.5. The average molecular weight is 399 g/mol. The van der Waals surface area contributed by atoms with Crippen molar-refractivity contribution in [2.24, 2.45) is 5.92 Å². The molecule has 156 valence electrons. The Balaban J connectivity index is 1.82. The molecule has 0 saturated heterocycles. The number of nitrogens with two attached hydrogens (primary N) is 1. The Bertz CT molecular complexity index is 822. The van der Waals surface area contributed by atoms with Gasteiger partial charge in [-0.25, -0.2) is 9.78 Å². The quantitative estimate of drug-likeness (QED) is 0.810. The summed E-state index contributed by atoms with van der Waals surface area (Å²) in [6.45, 7) is 7.66. The van der Waals surface area contributed by atoms with Crippen LogP contribution in [-0.2, 0) is 4.74 Å². The fourth-order valence-corrected chi connectivity index (χ4v) is 3.91. The van der Waals surface area contributed by atoms with Crippen LogP contribution in [0.25, 0.3) is 0 Å². The molecule has 2 aromatic heterocycles. The van der Waals surface area contributed by atoms with Gasteiger partial charge in [0.1, 0.15) is 11.7 Å². The van der Waals surface area contributed by atoms with E-state index in [1.54, 1.807) is 18.6 Å². The highest BCUT2D eigenvalue weighted by Gasteiger charge is 2.40. The van der Waals surface area contributed by atoms with E-state index in [2.05, 4.69) is 22.2 Å². The predicted molar refractivity (Wildman–Crippen MR) is 112 cm³/mol. The Morgan fingerprint density at radius 1 is 1.21 bits per heavy atom. The molecule has 0 bridgehead atoms. The summed E-state index contributed by atoms with van der Waals surface area (Å²) in [5, 5.41) is 3.02. The Morgan fingerprint density at radius 2 is 2.00 bits per heavy atom. The van der Waals surface area contributed by atoms with Crippen molar-refractivity contribution in [3.63, 3.8) is 0 Å². The molecule has 2 aromatic rings. The summed E-state index contributed by atoms with van der Waals surface area (Å²) in [5.41, 5.74) is 7.32. The second kappa shape index (κ2) is 8.68. The van der Waals surface area contributed by atoms with Crippen LogP contribution in [0.3, 0.4) is 0 Å². The van der Waals surface area contributed by atoms with Crippen molar-refractivity contribution in [1.82, 2.24) is 15.3 Å². The summed E-state index contributed by atoms with van der Waals surface area (Å²) in [6.07, 6.45) is 6.02. The molecule has 0 spiro atoms. The molecule has 1 amide bonds. The number of alkyl carbamates (subject to hydrolysis) is 1. The molecule has 3 N–H and O–H groups in total. The number of nitrogen functional groups attached to an aromatic ring is 1. The lowest BCUT2D eigenvalue weighted by molar-refractivity contribution is 0.0261. The minimum absolute atomic E-state index is 0.170. The van der Waals surface area contributed by atoms with Crippen LogP contribution >= 0.6 is 0 Å². The number of hydrogen-bond donors (Lipinski definition) is 2. The van der Waals surface area contributed by atoms with Gasteiger partial charge in [0, 0.05) is 18.5 Å². The zero-order chi connectivity index (χ0) is 21.0. The van der Waals surface area contributed by atoms with E-state index in [4.69, 9.17) is 15.2 Å². The van der Waals surface area contributed by atoms with Crippen molar-refractivity contribution >= 4 is 11.8 Å². The monoisotopic (exact) mass is 398 g/mol. The van der Waals surface area contributed by atoms with E-state index in [9.17, 15) is 4.79 Å². The number of carbonyl (C=O) groups excluding carboxylic acids is 1. The van der Waals surface area contributed by atoms with Crippen LogP contribution < -0.4 is 15.8 Å². The van der Waals surface area contributed by atoms with Crippen molar-refractivity contribution in [3.05, 3.63) is 48.4 Å². The summed E-state index contributed by atoms with van der Waals surface area (Å²) >= 11 is 0. The second-order valence-corrected chi connectivity index (χ2v) is 8.65. The maximum absolute atomic E-state index is 12.5. The van der Waals surface area contributed by atoms with E-state index in [1.807, 2.05) is 45.0 Å². The fraction of sp³-hybridized carbons (Fsp3) is 0.500. The van der Waals surface area contributed by atoms with Crippen LogP contribution in [0, 0.1) is 5.92 Å². The molecule has 7 nitrogen and oxygen atoms in total. The molecule has 0 aliphatic heterocycles. The van der Waals surface area contributed by atoms with Crippen LogP contribution in [0.15, 0.2) is 42.9 Å². The minimum Gasteiger partial charge on any atom is -0.472 e. The Morgan fingerprint density at radius 3 is 2.66 bits per heavy atom. The fourth-order valence-electron chi connectivity index (χ4n) is 3.91. The third-order valence-electron chi connectivity index (χ3n) is 5.08. The summed E-state index contributed by atoms with van der Waals surface area (Å²) in [4.78, 5) is 20.9. The average Bonchev–Trinajstić information content (AvgIpc) is 2.64. The van der Waals surface area contributed by atoms with Gasteiger partial charge in [0.15, 0.2) is 0 Å². The number of amides is 1. The number of ether oxygens (including phenoxy) is 2. The molecule has 0 aromatic carbocycles. The van der Waals surface area contributed by atoms with Gasteiger partial charge in [-0.15, -0.1) is 0 Å². The van der Waals surface area contributed by atoms with E-state index >= 15 is 0 Å². The van der Waals surface area contributed by atoms with Crippen LogP contribution in [0.5, 0.6) is 5.88 Å². The minimum atomic E-state index is -0.573. The second-order valence-electron chi connectivity index (χ2n) is 8.65. The molecule has 1 aliphatic carbocycles. The Labute approximate surface area is 172 Å². The van der Waals surface area contributed by atoms with Gasteiger partial charge in [-0.2, -0.15) is 0 Å². The van der Waals surface area contributed by atoms with Crippen molar-refractivity contribution in [1.29, 1.82) is 0 Å². The van der Waals surface area contributed by atoms with Crippen LogP contribution in [-0.4, -0.2) is 33.8 Å². The number of hydrogen-bond acceptors (Lipinski definition) is 6. The van der Waals surface area contributed by atoms with Crippen molar-refractivity contribution < 1.29 is 14.3 Å². The van der Waals surface area contributed by atoms with Crippen LogP contribution in [0.1, 0.15) is 52.0 Å². The van der Waals surface area contributed by atoms with Crippen molar-refractivity contribution in [3.8, 4) is 5.88 Å².